The molecule has 16 heteroatoms. The normalized spacial score (nSPS) is 52.1. The van der Waals surface area contributed by atoms with E-state index in [1.54, 1.807) is 0 Å². The van der Waals surface area contributed by atoms with Crippen LogP contribution in [0.5, 0.6) is 0 Å². The number of aliphatic hydroxyl groups is 11. The summed E-state index contributed by atoms with van der Waals surface area (Å²) in [6.07, 6.45) is -21.8. The van der Waals surface area contributed by atoms with Gasteiger partial charge in [-0.3, -0.25) is 0 Å². The van der Waals surface area contributed by atoms with Crippen LogP contribution in [0.3, 0.4) is 0 Å². The molecule has 0 aliphatic carbocycles. The van der Waals surface area contributed by atoms with Crippen LogP contribution in [0.4, 0.5) is 0 Å². The van der Waals surface area contributed by atoms with Gasteiger partial charge in [-0.2, -0.15) is 0 Å². The zero-order valence-electron chi connectivity index (χ0n) is 17.8. The molecule has 16 nitrogen and oxygen atoms in total. The van der Waals surface area contributed by atoms with E-state index in [0.29, 0.717) is 0 Å². The first kappa shape index (κ1) is 27.9. The maximum absolute atomic E-state index is 10.3. The Bertz CT molecular complexity index is 653. The molecule has 200 valence electrons. The topological polar surface area (TPSA) is 269 Å². The standard InChI is InChI=1S/C18H32O16/c19-1-5-8(22)11(25)13(27)16(31-5)30-3-7-9(23)12(26)14(28)17(32-7)34-18(4-21)15(29)10(24)6(2-20)33-18/h5-17,19-29H,1-4H2/t5-,6-,7-,8-,9+,10+,11+,12+,13+,14+,15-,16-,17+,18-/m0/s1. The zero-order chi connectivity index (χ0) is 25.4. The van der Waals surface area contributed by atoms with E-state index in [0.717, 1.165) is 0 Å². The molecule has 0 aromatic rings. The van der Waals surface area contributed by atoms with Gasteiger partial charge in [-0.1, -0.05) is 0 Å². The van der Waals surface area contributed by atoms with E-state index in [1.165, 1.54) is 0 Å². The summed E-state index contributed by atoms with van der Waals surface area (Å²) in [5, 5.41) is 109. The van der Waals surface area contributed by atoms with Gasteiger partial charge in [0.25, 0.3) is 0 Å². The molecule has 0 bridgehead atoms. The Labute approximate surface area is 192 Å². The van der Waals surface area contributed by atoms with Gasteiger partial charge in [-0.25, -0.2) is 0 Å². The summed E-state index contributed by atoms with van der Waals surface area (Å²) in [5.41, 5.74) is 0. The third-order valence-corrected chi connectivity index (χ3v) is 6.16. The van der Waals surface area contributed by atoms with Gasteiger partial charge in [-0.05, 0) is 0 Å². The molecule has 0 saturated carbocycles. The third-order valence-electron chi connectivity index (χ3n) is 6.16. The van der Waals surface area contributed by atoms with Crippen molar-refractivity contribution in [2.75, 3.05) is 26.4 Å². The van der Waals surface area contributed by atoms with Crippen LogP contribution < -0.4 is 0 Å². The van der Waals surface area contributed by atoms with Gasteiger partial charge in [0.15, 0.2) is 12.6 Å². The van der Waals surface area contributed by atoms with Crippen LogP contribution >= 0.6 is 0 Å². The molecule has 3 fully saturated rings. The van der Waals surface area contributed by atoms with Crippen LogP contribution in [0, 0.1) is 0 Å². The van der Waals surface area contributed by atoms with Crippen LogP contribution in [-0.2, 0) is 23.7 Å². The highest BCUT2D eigenvalue weighted by atomic mass is 16.8. The maximum atomic E-state index is 10.3. The molecule has 3 heterocycles. The van der Waals surface area contributed by atoms with Crippen molar-refractivity contribution in [2.24, 2.45) is 0 Å². The molecule has 14 atom stereocenters. The Morgan fingerprint density at radius 1 is 0.588 bits per heavy atom. The van der Waals surface area contributed by atoms with Crippen molar-refractivity contribution in [1.82, 2.24) is 0 Å². The summed E-state index contributed by atoms with van der Waals surface area (Å²) in [6, 6.07) is 0. The van der Waals surface area contributed by atoms with Crippen LogP contribution in [0.2, 0.25) is 0 Å². The Morgan fingerprint density at radius 3 is 1.65 bits per heavy atom. The summed E-state index contributed by atoms with van der Waals surface area (Å²) in [4.78, 5) is 0. The molecule has 3 aliphatic heterocycles. The van der Waals surface area contributed by atoms with Crippen LogP contribution in [0.1, 0.15) is 0 Å². The first-order valence-electron chi connectivity index (χ1n) is 10.6. The van der Waals surface area contributed by atoms with Gasteiger partial charge in [0.1, 0.15) is 73.8 Å². The van der Waals surface area contributed by atoms with Gasteiger partial charge in [-0.15, -0.1) is 0 Å². The van der Waals surface area contributed by atoms with Gasteiger partial charge < -0.3 is 79.9 Å². The number of aliphatic hydroxyl groups excluding tert-OH is 11. The fourth-order valence-electron chi connectivity index (χ4n) is 4.01. The Balaban J connectivity index is 1.69. The average Bonchev–Trinajstić information content (AvgIpc) is 3.08. The molecule has 0 aromatic heterocycles. The minimum Gasteiger partial charge on any atom is -0.394 e. The summed E-state index contributed by atoms with van der Waals surface area (Å²) in [5.74, 6) is -2.36. The molecule has 3 aliphatic rings. The van der Waals surface area contributed by atoms with Crippen molar-refractivity contribution in [3.63, 3.8) is 0 Å². The molecule has 0 aromatic carbocycles. The van der Waals surface area contributed by atoms with Crippen molar-refractivity contribution < 1.29 is 79.9 Å². The van der Waals surface area contributed by atoms with Crippen molar-refractivity contribution >= 4 is 0 Å². The van der Waals surface area contributed by atoms with Crippen LogP contribution in [0.25, 0.3) is 0 Å². The average molecular weight is 504 g/mol. The quantitative estimate of drug-likeness (QED) is 0.146. The Kier molecular flexibility index (Phi) is 9.18. The molecule has 0 spiro atoms. The summed E-state index contributed by atoms with van der Waals surface area (Å²) in [6.45, 7) is -3.14. The molecule has 11 N–H and O–H groups in total. The van der Waals surface area contributed by atoms with Gasteiger partial charge in [0.05, 0.1) is 19.8 Å². The minimum absolute atomic E-state index is 0.634. The molecule has 3 saturated heterocycles. The molecule has 0 unspecified atom stereocenters. The van der Waals surface area contributed by atoms with Gasteiger partial charge >= 0.3 is 0 Å². The molecule has 0 radical (unpaired) electrons. The summed E-state index contributed by atoms with van der Waals surface area (Å²) in [7, 11) is 0. The first-order chi connectivity index (χ1) is 16.0. The highest BCUT2D eigenvalue weighted by Gasteiger charge is 2.58. The lowest BCUT2D eigenvalue weighted by Gasteiger charge is -2.44. The predicted octanol–water partition coefficient (Wildman–Crippen LogP) is -7.57. The first-order valence-corrected chi connectivity index (χ1v) is 10.6. The lowest BCUT2D eigenvalue weighted by Crippen LogP contribution is -2.63. The molecule has 3 rings (SSSR count). The maximum Gasteiger partial charge on any atom is 0.224 e. The van der Waals surface area contributed by atoms with Crippen LogP contribution in [-0.4, -0.2) is 168 Å². The summed E-state index contributed by atoms with van der Waals surface area (Å²) >= 11 is 0. The number of hydrogen-bond acceptors (Lipinski definition) is 16. The number of rotatable bonds is 8. The van der Waals surface area contributed by atoms with Gasteiger partial charge in [0.2, 0.25) is 5.79 Å². The SMILES string of the molecule is OC[C@@H]1O[C@H](OC[C@@H]2O[C@H](O[C@]3(CO)O[C@@H](CO)[C@@H](O)[C@@H]3O)[C@H](O)[C@H](O)[C@@H]2O)[C@H](O)[C@H](O)[C@H]1O. The van der Waals surface area contributed by atoms with Crippen LogP contribution in [0.15, 0.2) is 0 Å². The second-order valence-electron chi connectivity index (χ2n) is 8.41. The van der Waals surface area contributed by atoms with E-state index in [4.69, 9.17) is 23.7 Å². The van der Waals surface area contributed by atoms with Crippen molar-refractivity contribution in [3.8, 4) is 0 Å². The van der Waals surface area contributed by atoms with E-state index in [9.17, 15) is 56.2 Å². The molecule has 0 amide bonds. The molecular formula is C18H32O16. The lowest BCUT2D eigenvalue weighted by molar-refractivity contribution is -0.388. The van der Waals surface area contributed by atoms with E-state index in [1.807, 2.05) is 0 Å². The number of ether oxygens (including phenoxy) is 5. The van der Waals surface area contributed by atoms with E-state index >= 15 is 0 Å². The van der Waals surface area contributed by atoms with Crippen molar-refractivity contribution in [1.29, 1.82) is 0 Å². The number of hydrogen-bond donors (Lipinski definition) is 11. The fourth-order valence-corrected chi connectivity index (χ4v) is 4.01. The van der Waals surface area contributed by atoms with Gasteiger partial charge in [0, 0.05) is 0 Å². The Hall–Kier alpha value is -0.640. The predicted molar refractivity (Wildman–Crippen MR) is 101 cm³/mol. The largest absolute Gasteiger partial charge is 0.394 e. The third kappa shape index (κ3) is 5.09. The second-order valence-corrected chi connectivity index (χ2v) is 8.41. The zero-order valence-corrected chi connectivity index (χ0v) is 17.8. The molecular weight excluding hydrogens is 472 g/mol. The second kappa shape index (κ2) is 11.2. The Morgan fingerprint density at radius 2 is 1.12 bits per heavy atom. The fraction of sp³-hybridized carbons (Fsp3) is 1.00. The van der Waals surface area contributed by atoms with E-state index in [2.05, 4.69) is 0 Å². The summed E-state index contributed by atoms with van der Waals surface area (Å²) < 4.78 is 26.4. The van der Waals surface area contributed by atoms with Crippen molar-refractivity contribution in [3.05, 3.63) is 0 Å². The molecule has 34 heavy (non-hydrogen) atoms. The highest BCUT2D eigenvalue weighted by molar-refractivity contribution is 4.98. The highest BCUT2D eigenvalue weighted by Crippen LogP contribution is 2.36. The smallest absolute Gasteiger partial charge is 0.224 e. The van der Waals surface area contributed by atoms with Crippen molar-refractivity contribution in [2.45, 2.75) is 85.5 Å². The van der Waals surface area contributed by atoms with E-state index in [-0.39, 0.29) is 0 Å². The minimum atomic E-state index is -2.36. The monoisotopic (exact) mass is 504 g/mol. The van der Waals surface area contributed by atoms with E-state index < -0.39 is 112 Å². The lowest BCUT2D eigenvalue weighted by atomic mass is 9.98.